The summed E-state index contributed by atoms with van der Waals surface area (Å²) in [5, 5.41) is 1.05. The van der Waals surface area contributed by atoms with Crippen molar-refractivity contribution in [1.82, 2.24) is 4.98 Å². The highest BCUT2D eigenvalue weighted by Gasteiger charge is 2.09. The Morgan fingerprint density at radius 3 is 2.78 bits per heavy atom. The van der Waals surface area contributed by atoms with Gasteiger partial charge in [0.05, 0.1) is 10.2 Å². The molecule has 3 aromatic rings. The van der Waals surface area contributed by atoms with E-state index in [-0.39, 0.29) is 0 Å². The van der Waals surface area contributed by atoms with Gasteiger partial charge in [-0.3, -0.25) is 0 Å². The highest BCUT2D eigenvalue weighted by molar-refractivity contribution is 14.1. The Hall–Kier alpha value is -1.14. The minimum absolute atomic E-state index is 0.828. The van der Waals surface area contributed by atoms with E-state index in [1.54, 1.807) is 11.3 Å². The lowest BCUT2D eigenvalue weighted by atomic mass is 10.1. The van der Waals surface area contributed by atoms with Gasteiger partial charge in [0, 0.05) is 14.8 Å². The molecule has 18 heavy (non-hydrogen) atoms. The number of halogens is 1. The van der Waals surface area contributed by atoms with Gasteiger partial charge in [0.2, 0.25) is 0 Å². The molecule has 2 nitrogen and oxygen atoms in total. The van der Waals surface area contributed by atoms with Gasteiger partial charge in [-0.25, -0.2) is 4.98 Å². The number of anilines is 1. The van der Waals surface area contributed by atoms with Gasteiger partial charge in [-0.1, -0.05) is 6.07 Å². The highest BCUT2D eigenvalue weighted by Crippen LogP contribution is 2.33. The summed E-state index contributed by atoms with van der Waals surface area (Å²) in [5.41, 5.74) is 9.98. The van der Waals surface area contributed by atoms with Gasteiger partial charge in [-0.15, -0.1) is 11.3 Å². The zero-order valence-corrected chi connectivity index (χ0v) is 12.7. The summed E-state index contributed by atoms with van der Waals surface area (Å²) < 4.78 is 2.50. The van der Waals surface area contributed by atoms with Crippen LogP contribution in [0.2, 0.25) is 0 Å². The van der Waals surface area contributed by atoms with E-state index < -0.39 is 0 Å². The fourth-order valence-corrected chi connectivity index (χ4v) is 3.63. The van der Waals surface area contributed by atoms with Gasteiger partial charge in [0.25, 0.3) is 0 Å². The van der Waals surface area contributed by atoms with Crippen molar-refractivity contribution >= 4 is 49.8 Å². The average Bonchev–Trinajstić information content (AvgIpc) is 2.78. The van der Waals surface area contributed by atoms with Gasteiger partial charge in [-0.05, 0) is 65.4 Å². The number of nitrogen functional groups attached to an aromatic ring is 1. The standard InChI is InChI=1S/C14H11IN2S/c1-8-7-9(5-6-11(8)16)14-17-12-4-2-3-10(15)13(12)18-14/h2-7H,16H2,1H3. The number of hydrogen-bond donors (Lipinski definition) is 1. The predicted molar refractivity (Wildman–Crippen MR) is 86.9 cm³/mol. The van der Waals surface area contributed by atoms with Crippen LogP contribution in [0.4, 0.5) is 5.69 Å². The van der Waals surface area contributed by atoms with E-state index in [0.717, 1.165) is 27.3 Å². The molecule has 2 N–H and O–H groups in total. The second kappa shape index (κ2) is 4.51. The normalized spacial score (nSPS) is 11.0. The minimum atomic E-state index is 0.828. The lowest BCUT2D eigenvalue weighted by Crippen LogP contribution is -1.89. The Morgan fingerprint density at radius 1 is 1.22 bits per heavy atom. The fourth-order valence-electron chi connectivity index (χ4n) is 1.85. The van der Waals surface area contributed by atoms with E-state index in [1.165, 1.54) is 8.27 Å². The molecule has 0 bridgehead atoms. The van der Waals surface area contributed by atoms with Crippen molar-refractivity contribution in [2.75, 3.05) is 5.73 Å². The largest absolute Gasteiger partial charge is 0.399 e. The maximum absolute atomic E-state index is 5.85. The molecule has 90 valence electrons. The molecule has 0 aliphatic heterocycles. The van der Waals surface area contributed by atoms with Crippen LogP contribution in [0.1, 0.15) is 5.56 Å². The third-order valence-electron chi connectivity index (χ3n) is 2.88. The summed E-state index contributed by atoms with van der Waals surface area (Å²) in [7, 11) is 0. The summed E-state index contributed by atoms with van der Waals surface area (Å²) in [6, 6.07) is 12.3. The number of aryl methyl sites for hydroxylation is 1. The predicted octanol–water partition coefficient (Wildman–Crippen LogP) is 4.46. The first kappa shape index (κ1) is 11.9. The zero-order chi connectivity index (χ0) is 12.7. The molecule has 0 fully saturated rings. The van der Waals surface area contributed by atoms with Gasteiger partial charge in [0.15, 0.2) is 0 Å². The summed E-state index contributed by atoms with van der Waals surface area (Å²) in [5.74, 6) is 0. The van der Waals surface area contributed by atoms with Crippen molar-refractivity contribution in [2.45, 2.75) is 6.92 Å². The molecule has 0 amide bonds. The van der Waals surface area contributed by atoms with Crippen LogP contribution in [-0.4, -0.2) is 4.98 Å². The molecule has 0 spiro atoms. The third-order valence-corrected chi connectivity index (χ3v) is 5.30. The van der Waals surface area contributed by atoms with Crippen LogP contribution in [0.3, 0.4) is 0 Å². The van der Waals surface area contributed by atoms with Gasteiger partial charge in [-0.2, -0.15) is 0 Å². The van der Waals surface area contributed by atoms with Crippen LogP contribution in [0.15, 0.2) is 36.4 Å². The summed E-state index contributed by atoms with van der Waals surface area (Å²) in [6.45, 7) is 2.02. The smallest absolute Gasteiger partial charge is 0.124 e. The lowest BCUT2D eigenvalue weighted by Gasteiger charge is -2.01. The molecule has 4 heteroatoms. The summed E-state index contributed by atoms with van der Waals surface area (Å²) in [6.07, 6.45) is 0. The molecule has 0 saturated carbocycles. The quantitative estimate of drug-likeness (QED) is 0.510. The van der Waals surface area contributed by atoms with Crippen LogP contribution in [0.25, 0.3) is 20.8 Å². The van der Waals surface area contributed by atoms with Crippen molar-refractivity contribution in [3.8, 4) is 10.6 Å². The molecule has 1 aromatic heterocycles. The first-order valence-corrected chi connectivity index (χ1v) is 7.46. The molecule has 0 saturated heterocycles. The van der Waals surface area contributed by atoms with Crippen LogP contribution >= 0.6 is 33.9 Å². The van der Waals surface area contributed by atoms with E-state index in [0.29, 0.717) is 0 Å². The molecule has 3 rings (SSSR count). The molecule has 0 unspecified atom stereocenters. The van der Waals surface area contributed by atoms with Crippen molar-refractivity contribution < 1.29 is 0 Å². The monoisotopic (exact) mass is 366 g/mol. The maximum atomic E-state index is 5.85. The first-order chi connectivity index (χ1) is 8.65. The minimum Gasteiger partial charge on any atom is -0.399 e. The first-order valence-electron chi connectivity index (χ1n) is 5.57. The van der Waals surface area contributed by atoms with Crippen LogP contribution in [0.5, 0.6) is 0 Å². The number of benzene rings is 2. The molecule has 0 atom stereocenters. The molecule has 0 radical (unpaired) electrons. The summed E-state index contributed by atoms with van der Waals surface area (Å²) >= 11 is 4.09. The van der Waals surface area contributed by atoms with Crippen molar-refractivity contribution in [3.05, 3.63) is 45.5 Å². The SMILES string of the molecule is Cc1cc(-c2nc3cccc(I)c3s2)ccc1N. The Kier molecular flexibility index (Phi) is 2.99. The number of fused-ring (bicyclic) bond motifs is 1. The second-order valence-electron chi connectivity index (χ2n) is 4.18. The summed E-state index contributed by atoms with van der Waals surface area (Å²) in [4.78, 5) is 4.69. The maximum Gasteiger partial charge on any atom is 0.124 e. The van der Waals surface area contributed by atoms with E-state index in [9.17, 15) is 0 Å². The van der Waals surface area contributed by atoms with Gasteiger partial charge in [0.1, 0.15) is 5.01 Å². The molecule has 2 aromatic carbocycles. The fraction of sp³-hybridized carbons (Fsp3) is 0.0714. The topological polar surface area (TPSA) is 38.9 Å². The average molecular weight is 366 g/mol. The van der Waals surface area contributed by atoms with Crippen LogP contribution < -0.4 is 5.73 Å². The number of nitrogens with two attached hydrogens (primary N) is 1. The van der Waals surface area contributed by atoms with Crippen LogP contribution in [-0.2, 0) is 0 Å². The Balaban J connectivity index is 2.19. The van der Waals surface area contributed by atoms with Crippen molar-refractivity contribution in [3.63, 3.8) is 0 Å². The van der Waals surface area contributed by atoms with Gasteiger partial charge < -0.3 is 5.73 Å². The van der Waals surface area contributed by atoms with E-state index in [2.05, 4.69) is 45.8 Å². The molecular formula is C14H11IN2S. The van der Waals surface area contributed by atoms with Crippen LogP contribution in [0, 0.1) is 10.5 Å². The van der Waals surface area contributed by atoms with E-state index >= 15 is 0 Å². The van der Waals surface area contributed by atoms with Crippen molar-refractivity contribution in [1.29, 1.82) is 0 Å². The number of rotatable bonds is 1. The number of nitrogens with zero attached hydrogens (tertiary/aromatic N) is 1. The van der Waals surface area contributed by atoms with E-state index in [1.807, 2.05) is 25.1 Å². The molecule has 0 aliphatic carbocycles. The zero-order valence-electron chi connectivity index (χ0n) is 9.77. The molecule has 1 heterocycles. The second-order valence-corrected chi connectivity index (χ2v) is 6.34. The lowest BCUT2D eigenvalue weighted by molar-refractivity contribution is 1.43. The third kappa shape index (κ3) is 1.99. The molecular weight excluding hydrogens is 355 g/mol. The number of hydrogen-bond acceptors (Lipinski definition) is 3. The van der Waals surface area contributed by atoms with Gasteiger partial charge >= 0.3 is 0 Å². The van der Waals surface area contributed by atoms with Crippen molar-refractivity contribution in [2.24, 2.45) is 0 Å². The van der Waals surface area contributed by atoms with E-state index in [4.69, 9.17) is 5.73 Å². The number of aromatic nitrogens is 1. The number of thiazole rings is 1. The molecule has 0 aliphatic rings. The Bertz CT molecular complexity index is 734. The Morgan fingerprint density at radius 2 is 2.06 bits per heavy atom. The Labute approximate surface area is 123 Å². The highest BCUT2D eigenvalue weighted by atomic mass is 127.